The molecule has 0 bridgehead atoms. The lowest BCUT2D eigenvalue weighted by Gasteiger charge is -2.16. The highest BCUT2D eigenvalue weighted by molar-refractivity contribution is 7.99. The zero-order valence-electron chi connectivity index (χ0n) is 17.5. The largest absolute Gasteiger partial charge is 0.336 e. The van der Waals surface area contributed by atoms with E-state index in [2.05, 4.69) is 15.5 Å². The second kappa shape index (κ2) is 9.58. The van der Waals surface area contributed by atoms with Gasteiger partial charge < -0.3 is 14.8 Å². The fourth-order valence-electron chi connectivity index (χ4n) is 2.77. The Balaban J connectivity index is 1.53. The molecule has 0 saturated heterocycles. The first-order valence-electron chi connectivity index (χ1n) is 9.53. The first kappa shape index (κ1) is 21.6. The maximum Gasteiger partial charge on any atom is 0.243 e. The van der Waals surface area contributed by atoms with E-state index in [4.69, 9.17) is 0 Å². The maximum absolute atomic E-state index is 12.4. The molecule has 0 atom stereocenters. The van der Waals surface area contributed by atoms with Crippen LogP contribution in [0.15, 0.2) is 53.7 Å². The van der Waals surface area contributed by atoms with Crippen LogP contribution in [0.1, 0.15) is 11.1 Å². The number of amides is 2. The Labute approximate surface area is 180 Å². The minimum Gasteiger partial charge on any atom is -0.336 e. The van der Waals surface area contributed by atoms with Gasteiger partial charge in [-0.1, -0.05) is 59.3 Å². The smallest absolute Gasteiger partial charge is 0.243 e. The molecule has 1 heterocycles. The predicted molar refractivity (Wildman–Crippen MR) is 119 cm³/mol. The molecule has 0 radical (unpaired) electrons. The molecule has 30 heavy (non-hydrogen) atoms. The lowest BCUT2D eigenvalue weighted by atomic mass is 10.1. The molecule has 0 fully saturated rings. The van der Waals surface area contributed by atoms with E-state index in [1.165, 1.54) is 22.2 Å². The summed E-state index contributed by atoms with van der Waals surface area (Å²) in [6, 6.07) is 15.6. The Kier molecular flexibility index (Phi) is 6.89. The van der Waals surface area contributed by atoms with Crippen LogP contribution in [0.2, 0.25) is 0 Å². The maximum atomic E-state index is 12.4. The van der Waals surface area contributed by atoms with Crippen LogP contribution >= 0.6 is 11.8 Å². The van der Waals surface area contributed by atoms with Gasteiger partial charge in [-0.15, -0.1) is 10.2 Å². The van der Waals surface area contributed by atoms with Crippen LogP contribution in [-0.2, 0) is 16.6 Å². The lowest BCUT2D eigenvalue weighted by Crippen LogP contribution is -2.36. The molecule has 8 heteroatoms. The van der Waals surface area contributed by atoms with Crippen molar-refractivity contribution in [2.24, 2.45) is 7.05 Å². The molecule has 2 aromatic carbocycles. The molecule has 3 aromatic rings. The fourth-order valence-corrected chi connectivity index (χ4v) is 3.62. The van der Waals surface area contributed by atoms with Gasteiger partial charge >= 0.3 is 0 Å². The van der Waals surface area contributed by atoms with Gasteiger partial charge in [0.1, 0.15) is 0 Å². The normalized spacial score (nSPS) is 10.7. The summed E-state index contributed by atoms with van der Waals surface area (Å²) in [5.74, 6) is 0.531. The highest BCUT2D eigenvalue weighted by atomic mass is 32.2. The number of rotatable bonds is 7. The monoisotopic (exact) mass is 423 g/mol. The zero-order chi connectivity index (χ0) is 21.7. The molecule has 1 N–H and O–H groups in total. The summed E-state index contributed by atoms with van der Waals surface area (Å²) in [6.07, 6.45) is 0. The average molecular weight is 424 g/mol. The number of anilines is 1. The van der Waals surface area contributed by atoms with Gasteiger partial charge in [-0.3, -0.25) is 9.59 Å². The average Bonchev–Trinajstić information content (AvgIpc) is 3.08. The first-order chi connectivity index (χ1) is 14.3. The Bertz CT molecular complexity index is 1030. The van der Waals surface area contributed by atoms with Crippen LogP contribution in [0.25, 0.3) is 11.4 Å². The highest BCUT2D eigenvalue weighted by Crippen LogP contribution is 2.23. The van der Waals surface area contributed by atoms with Crippen molar-refractivity contribution in [2.45, 2.75) is 19.0 Å². The van der Waals surface area contributed by atoms with Crippen LogP contribution in [0.4, 0.5) is 5.69 Å². The van der Waals surface area contributed by atoms with Crippen molar-refractivity contribution >= 4 is 29.3 Å². The van der Waals surface area contributed by atoms with E-state index >= 15 is 0 Å². The number of likely N-dealkylation sites (N-methyl/N-ethyl adjacent to an activating group) is 1. The van der Waals surface area contributed by atoms with Gasteiger partial charge in [0.25, 0.3) is 0 Å². The van der Waals surface area contributed by atoms with E-state index in [9.17, 15) is 9.59 Å². The van der Waals surface area contributed by atoms with Crippen LogP contribution in [0.3, 0.4) is 0 Å². The van der Waals surface area contributed by atoms with Crippen molar-refractivity contribution in [3.05, 3.63) is 59.7 Å². The lowest BCUT2D eigenvalue weighted by molar-refractivity contribution is -0.131. The fraction of sp³-hybridized carbons (Fsp3) is 0.273. The molecule has 2 amide bonds. The third kappa shape index (κ3) is 5.48. The Morgan fingerprint density at radius 2 is 1.60 bits per heavy atom. The van der Waals surface area contributed by atoms with Crippen LogP contribution < -0.4 is 5.32 Å². The van der Waals surface area contributed by atoms with Gasteiger partial charge in [-0.2, -0.15) is 0 Å². The van der Waals surface area contributed by atoms with Crippen LogP contribution in [0, 0.1) is 13.8 Å². The molecule has 0 saturated carbocycles. The highest BCUT2D eigenvalue weighted by Gasteiger charge is 2.16. The van der Waals surface area contributed by atoms with Gasteiger partial charge in [-0.05, 0) is 26.0 Å². The Morgan fingerprint density at radius 1 is 1.00 bits per heavy atom. The van der Waals surface area contributed by atoms with Crippen molar-refractivity contribution in [3.8, 4) is 11.4 Å². The number of carbonyl (C=O) groups excluding carboxylic acids is 2. The minimum atomic E-state index is -0.236. The summed E-state index contributed by atoms with van der Waals surface area (Å²) < 4.78 is 1.87. The number of aryl methyl sites for hydroxylation is 2. The van der Waals surface area contributed by atoms with Crippen LogP contribution in [-0.4, -0.2) is 50.8 Å². The van der Waals surface area contributed by atoms with Gasteiger partial charge in [0.15, 0.2) is 11.0 Å². The SMILES string of the molecule is Cc1ccc(NC(=O)CN(C)C(=O)CSc2nnc(-c3ccc(C)cc3)n2C)cc1. The number of nitrogens with zero attached hydrogens (tertiary/aromatic N) is 4. The number of hydrogen-bond acceptors (Lipinski definition) is 5. The number of aromatic nitrogens is 3. The van der Waals surface area contributed by atoms with Gasteiger partial charge in [0.05, 0.1) is 12.3 Å². The second-order valence-electron chi connectivity index (χ2n) is 7.18. The molecule has 0 aliphatic heterocycles. The molecule has 0 aliphatic carbocycles. The van der Waals surface area contributed by atoms with Crippen molar-refractivity contribution < 1.29 is 9.59 Å². The first-order valence-corrected chi connectivity index (χ1v) is 10.5. The second-order valence-corrected chi connectivity index (χ2v) is 8.13. The van der Waals surface area contributed by atoms with E-state index in [1.54, 1.807) is 7.05 Å². The molecular weight excluding hydrogens is 398 g/mol. The molecule has 3 rings (SSSR count). The number of hydrogen-bond donors (Lipinski definition) is 1. The quantitative estimate of drug-likeness (QED) is 0.590. The summed E-state index contributed by atoms with van der Waals surface area (Å²) in [5, 5.41) is 11.9. The van der Waals surface area contributed by atoms with E-state index in [0.29, 0.717) is 10.8 Å². The van der Waals surface area contributed by atoms with E-state index in [0.717, 1.165) is 17.0 Å². The molecule has 156 valence electrons. The Hall–Kier alpha value is -3.13. The number of carbonyl (C=O) groups is 2. The summed E-state index contributed by atoms with van der Waals surface area (Å²) in [7, 11) is 3.49. The molecular formula is C22H25N5O2S. The van der Waals surface area contributed by atoms with E-state index in [-0.39, 0.29) is 24.1 Å². The zero-order valence-corrected chi connectivity index (χ0v) is 18.4. The number of benzene rings is 2. The van der Waals surface area contributed by atoms with Crippen molar-refractivity contribution in [1.29, 1.82) is 0 Å². The summed E-state index contributed by atoms with van der Waals surface area (Å²) in [6.45, 7) is 4.00. The van der Waals surface area contributed by atoms with E-state index in [1.807, 2.05) is 74.0 Å². The Morgan fingerprint density at radius 3 is 2.23 bits per heavy atom. The third-order valence-electron chi connectivity index (χ3n) is 4.61. The van der Waals surface area contributed by atoms with E-state index < -0.39 is 0 Å². The molecule has 0 aliphatic rings. The van der Waals surface area contributed by atoms with Crippen molar-refractivity contribution in [1.82, 2.24) is 19.7 Å². The molecule has 7 nitrogen and oxygen atoms in total. The van der Waals surface area contributed by atoms with Crippen molar-refractivity contribution in [3.63, 3.8) is 0 Å². The third-order valence-corrected chi connectivity index (χ3v) is 5.62. The molecule has 0 unspecified atom stereocenters. The standard InChI is InChI=1S/C22H25N5O2S/c1-15-5-9-17(10-6-15)21-24-25-22(27(21)4)30-14-20(29)26(3)13-19(28)23-18-11-7-16(2)8-12-18/h5-12H,13-14H2,1-4H3,(H,23,28). The number of nitrogens with one attached hydrogen (secondary N) is 1. The molecule has 1 aromatic heterocycles. The summed E-state index contributed by atoms with van der Waals surface area (Å²) in [5.41, 5.74) is 3.98. The molecule has 0 spiro atoms. The summed E-state index contributed by atoms with van der Waals surface area (Å²) >= 11 is 1.30. The minimum absolute atomic E-state index is 0.0132. The topological polar surface area (TPSA) is 80.1 Å². The predicted octanol–water partition coefficient (Wildman–Crippen LogP) is 3.29. The van der Waals surface area contributed by atoms with Crippen LogP contribution in [0.5, 0.6) is 0 Å². The van der Waals surface area contributed by atoms with Crippen molar-refractivity contribution in [2.75, 3.05) is 24.7 Å². The number of thioether (sulfide) groups is 1. The van der Waals surface area contributed by atoms with Gasteiger partial charge in [0.2, 0.25) is 11.8 Å². The summed E-state index contributed by atoms with van der Waals surface area (Å²) in [4.78, 5) is 26.0. The van der Waals surface area contributed by atoms with Gasteiger partial charge in [0, 0.05) is 25.3 Å². The van der Waals surface area contributed by atoms with Gasteiger partial charge in [-0.25, -0.2) is 0 Å².